The fourth-order valence-corrected chi connectivity index (χ4v) is 2.97. The third kappa shape index (κ3) is 8.05. The highest BCUT2D eigenvalue weighted by Crippen LogP contribution is 2.24. The molecule has 1 aromatic rings. The molecule has 7 nitrogen and oxygen atoms in total. The van der Waals surface area contributed by atoms with E-state index in [9.17, 15) is 14.4 Å². The molecule has 0 aliphatic rings. The van der Waals surface area contributed by atoms with Crippen molar-refractivity contribution in [3.05, 3.63) is 34.9 Å². The van der Waals surface area contributed by atoms with Gasteiger partial charge in [0.05, 0.1) is 0 Å². The maximum absolute atomic E-state index is 13.1. The Balaban J connectivity index is 3.16. The van der Waals surface area contributed by atoms with Crippen LogP contribution in [0.3, 0.4) is 0 Å². The minimum Gasteiger partial charge on any atom is -0.444 e. The highest BCUT2D eigenvalue weighted by atomic mass is 16.6. The molecule has 0 spiro atoms. The predicted octanol–water partition coefficient (Wildman–Crippen LogP) is 3.63. The smallest absolute Gasteiger partial charge is 0.408 e. The molecule has 0 radical (unpaired) electrons. The molecular formula is C23H37N3O4. The molecule has 2 N–H and O–H groups in total. The fourth-order valence-electron chi connectivity index (χ4n) is 2.97. The van der Waals surface area contributed by atoms with E-state index in [-0.39, 0.29) is 24.4 Å². The zero-order chi connectivity index (χ0) is 23.1. The van der Waals surface area contributed by atoms with E-state index >= 15 is 0 Å². The number of hydrogen-bond donors (Lipinski definition) is 2. The number of benzene rings is 1. The van der Waals surface area contributed by atoms with Gasteiger partial charge in [-0.3, -0.25) is 9.59 Å². The molecule has 30 heavy (non-hydrogen) atoms. The second-order valence-electron chi connectivity index (χ2n) is 8.85. The Morgan fingerprint density at radius 3 is 2.23 bits per heavy atom. The van der Waals surface area contributed by atoms with E-state index < -0.39 is 17.7 Å². The van der Waals surface area contributed by atoms with Crippen molar-refractivity contribution in [2.75, 3.05) is 13.1 Å². The van der Waals surface area contributed by atoms with Crippen LogP contribution in [0.15, 0.2) is 18.2 Å². The summed E-state index contributed by atoms with van der Waals surface area (Å²) in [5.41, 5.74) is 2.25. The summed E-state index contributed by atoms with van der Waals surface area (Å²) in [6.45, 7) is 15.1. The SMILES string of the molecule is CCCN(C(=O)CNC(=O)OC(C)(C)C)C(C(=O)NC(C)C)c1ccc(C)c(C)c1. The molecule has 168 valence electrons. The van der Waals surface area contributed by atoms with E-state index in [0.717, 1.165) is 16.7 Å². The average molecular weight is 420 g/mol. The lowest BCUT2D eigenvalue weighted by atomic mass is 9.98. The molecule has 1 aromatic carbocycles. The lowest BCUT2D eigenvalue weighted by molar-refractivity contribution is -0.140. The van der Waals surface area contributed by atoms with E-state index in [1.165, 1.54) is 4.90 Å². The van der Waals surface area contributed by atoms with Crippen molar-refractivity contribution < 1.29 is 19.1 Å². The first-order chi connectivity index (χ1) is 13.9. The van der Waals surface area contributed by atoms with Crippen LogP contribution < -0.4 is 10.6 Å². The molecular weight excluding hydrogens is 382 g/mol. The van der Waals surface area contributed by atoms with Gasteiger partial charge in [-0.25, -0.2) is 4.79 Å². The molecule has 0 aliphatic heterocycles. The summed E-state index contributed by atoms with van der Waals surface area (Å²) in [6.07, 6.45) is 0.00995. The zero-order valence-electron chi connectivity index (χ0n) is 19.6. The van der Waals surface area contributed by atoms with Crippen molar-refractivity contribution in [1.29, 1.82) is 0 Å². The maximum atomic E-state index is 13.1. The normalized spacial score (nSPS) is 12.3. The van der Waals surface area contributed by atoms with Crippen molar-refractivity contribution in [1.82, 2.24) is 15.5 Å². The quantitative estimate of drug-likeness (QED) is 0.673. The standard InChI is InChI=1S/C23H37N3O4/c1-9-12-26(19(27)14-24-22(29)30-23(6,7)8)20(21(28)25-15(2)3)18-11-10-16(4)17(5)13-18/h10-11,13,15,20H,9,12,14H2,1-8H3,(H,24,29)(H,25,28). The van der Waals surface area contributed by atoms with Crippen LogP contribution >= 0.6 is 0 Å². The van der Waals surface area contributed by atoms with Crippen molar-refractivity contribution in [2.45, 2.75) is 79.5 Å². The third-order valence-corrected chi connectivity index (χ3v) is 4.41. The molecule has 0 heterocycles. The van der Waals surface area contributed by atoms with Crippen LogP contribution in [0.4, 0.5) is 4.79 Å². The first-order valence-electron chi connectivity index (χ1n) is 10.5. The second-order valence-corrected chi connectivity index (χ2v) is 8.85. The second kappa shape index (κ2) is 11.0. The zero-order valence-corrected chi connectivity index (χ0v) is 19.6. The highest BCUT2D eigenvalue weighted by Gasteiger charge is 2.31. The number of nitrogens with one attached hydrogen (secondary N) is 2. The number of ether oxygens (including phenoxy) is 1. The summed E-state index contributed by atoms with van der Waals surface area (Å²) in [5.74, 6) is -0.586. The highest BCUT2D eigenvalue weighted by molar-refractivity contribution is 5.90. The monoisotopic (exact) mass is 419 g/mol. The maximum Gasteiger partial charge on any atom is 0.408 e. The molecule has 0 fully saturated rings. The average Bonchev–Trinajstić information content (AvgIpc) is 2.60. The molecule has 1 unspecified atom stereocenters. The third-order valence-electron chi connectivity index (χ3n) is 4.41. The molecule has 0 bridgehead atoms. The molecule has 0 aliphatic carbocycles. The van der Waals surface area contributed by atoms with Crippen molar-refractivity contribution in [3.8, 4) is 0 Å². The van der Waals surface area contributed by atoms with Crippen LogP contribution in [0.5, 0.6) is 0 Å². The molecule has 3 amide bonds. The molecule has 0 aromatic heterocycles. The van der Waals surface area contributed by atoms with Gasteiger partial charge in [0.1, 0.15) is 18.2 Å². The van der Waals surface area contributed by atoms with Gasteiger partial charge in [-0.1, -0.05) is 25.1 Å². The van der Waals surface area contributed by atoms with E-state index in [1.54, 1.807) is 20.8 Å². The van der Waals surface area contributed by atoms with E-state index in [1.807, 2.05) is 52.8 Å². The summed E-state index contributed by atoms with van der Waals surface area (Å²) in [7, 11) is 0. The molecule has 0 saturated carbocycles. The van der Waals surface area contributed by atoms with Gasteiger partial charge in [-0.15, -0.1) is 0 Å². The Morgan fingerprint density at radius 1 is 1.10 bits per heavy atom. The lowest BCUT2D eigenvalue weighted by Crippen LogP contribution is -2.49. The van der Waals surface area contributed by atoms with Crippen LogP contribution in [0.1, 0.15) is 70.7 Å². The number of hydrogen-bond acceptors (Lipinski definition) is 4. The molecule has 0 saturated heterocycles. The Bertz CT molecular complexity index is 753. The largest absolute Gasteiger partial charge is 0.444 e. The summed E-state index contributed by atoms with van der Waals surface area (Å²) < 4.78 is 5.20. The number of amides is 3. The van der Waals surface area contributed by atoms with Crippen LogP contribution in [-0.2, 0) is 14.3 Å². The number of carbonyl (C=O) groups is 3. The summed E-state index contributed by atoms with van der Waals surface area (Å²) in [4.78, 5) is 39.6. The first-order valence-corrected chi connectivity index (χ1v) is 10.5. The van der Waals surface area contributed by atoms with Gasteiger partial charge in [-0.05, 0) is 71.6 Å². The minimum absolute atomic E-state index is 0.0648. The Labute approximate surface area is 180 Å². The molecule has 1 atom stereocenters. The summed E-state index contributed by atoms with van der Waals surface area (Å²) in [5, 5.41) is 5.42. The van der Waals surface area contributed by atoms with Gasteiger partial charge in [0.2, 0.25) is 11.8 Å². The number of aryl methyl sites for hydroxylation is 2. The van der Waals surface area contributed by atoms with Gasteiger partial charge >= 0.3 is 6.09 Å². The van der Waals surface area contributed by atoms with Crippen molar-refractivity contribution >= 4 is 17.9 Å². The van der Waals surface area contributed by atoms with Gasteiger partial charge < -0.3 is 20.3 Å². The van der Waals surface area contributed by atoms with Crippen LogP contribution in [0, 0.1) is 13.8 Å². The van der Waals surface area contributed by atoms with Crippen LogP contribution in [0.2, 0.25) is 0 Å². The fraction of sp³-hybridized carbons (Fsp3) is 0.609. The number of alkyl carbamates (subject to hydrolysis) is 1. The van der Waals surface area contributed by atoms with E-state index in [2.05, 4.69) is 10.6 Å². The number of rotatable bonds is 8. The summed E-state index contributed by atoms with van der Waals surface area (Å²) in [6, 6.07) is 4.93. The van der Waals surface area contributed by atoms with Gasteiger partial charge in [-0.2, -0.15) is 0 Å². The van der Waals surface area contributed by atoms with Gasteiger partial charge in [0.15, 0.2) is 0 Å². The van der Waals surface area contributed by atoms with Crippen molar-refractivity contribution in [3.63, 3.8) is 0 Å². The number of nitrogens with zero attached hydrogens (tertiary/aromatic N) is 1. The van der Waals surface area contributed by atoms with Crippen LogP contribution in [-0.4, -0.2) is 47.5 Å². The predicted molar refractivity (Wildman–Crippen MR) is 118 cm³/mol. The van der Waals surface area contributed by atoms with E-state index in [4.69, 9.17) is 4.74 Å². The minimum atomic E-state index is -0.778. The lowest BCUT2D eigenvalue weighted by Gasteiger charge is -2.32. The molecule has 1 rings (SSSR count). The Morgan fingerprint density at radius 2 is 1.73 bits per heavy atom. The Hall–Kier alpha value is -2.57. The van der Waals surface area contributed by atoms with Gasteiger partial charge in [0.25, 0.3) is 0 Å². The first kappa shape index (κ1) is 25.5. The van der Waals surface area contributed by atoms with Gasteiger partial charge in [0, 0.05) is 12.6 Å². The van der Waals surface area contributed by atoms with Crippen LogP contribution in [0.25, 0.3) is 0 Å². The summed E-state index contributed by atoms with van der Waals surface area (Å²) >= 11 is 0. The Kier molecular flexibility index (Phi) is 9.33. The van der Waals surface area contributed by atoms with E-state index in [0.29, 0.717) is 13.0 Å². The van der Waals surface area contributed by atoms with Crippen molar-refractivity contribution in [2.24, 2.45) is 0 Å². The number of carbonyl (C=O) groups excluding carboxylic acids is 3. The molecule has 7 heteroatoms. The topological polar surface area (TPSA) is 87.7 Å².